The first-order valence-corrected chi connectivity index (χ1v) is 5.90. The van der Waals surface area contributed by atoms with Gasteiger partial charge in [0.2, 0.25) is 0 Å². The molecule has 0 aliphatic rings. The van der Waals surface area contributed by atoms with Gasteiger partial charge in [-0.2, -0.15) is 0 Å². The van der Waals surface area contributed by atoms with E-state index >= 15 is 0 Å². The van der Waals surface area contributed by atoms with E-state index in [9.17, 15) is 0 Å². The van der Waals surface area contributed by atoms with Gasteiger partial charge in [-0.05, 0) is 37.5 Å². The quantitative estimate of drug-likeness (QED) is 0.816. The molecule has 1 rings (SSSR count). The van der Waals surface area contributed by atoms with Crippen molar-refractivity contribution in [3.63, 3.8) is 0 Å². The van der Waals surface area contributed by atoms with E-state index in [0.29, 0.717) is 18.0 Å². The molecule has 2 atom stereocenters. The van der Waals surface area contributed by atoms with Crippen LogP contribution in [-0.4, -0.2) is 6.04 Å². The van der Waals surface area contributed by atoms with Gasteiger partial charge in [0.25, 0.3) is 0 Å². The summed E-state index contributed by atoms with van der Waals surface area (Å²) < 4.78 is 0. The summed E-state index contributed by atoms with van der Waals surface area (Å²) in [5, 5.41) is 4.37. The number of benzene rings is 1. The fourth-order valence-corrected chi connectivity index (χ4v) is 1.66. The molecular formula is C13H20ClN. The highest BCUT2D eigenvalue weighted by molar-refractivity contribution is 6.30. The van der Waals surface area contributed by atoms with E-state index in [-0.39, 0.29) is 0 Å². The van der Waals surface area contributed by atoms with Crippen molar-refractivity contribution in [3.8, 4) is 0 Å². The average molecular weight is 226 g/mol. The molecule has 0 spiro atoms. The molecule has 84 valence electrons. The summed E-state index contributed by atoms with van der Waals surface area (Å²) >= 11 is 5.96. The van der Waals surface area contributed by atoms with Crippen LogP contribution in [0.1, 0.15) is 39.3 Å². The first kappa shape index (κ1) is 12.5. The number of hydrogen-bond donors (Lipinski definition) is 1. The third-order valence-electron chi connectivity index (χ3n) is 2.86. The Morgan fingerprint density at radius 3 is 2.33 bits per heavy atom. The summed E-state index contributed by atoms with van der Waals surface area (Å²) in [5.74, 6) is 0.645. The molecule has 2 unspecified atom stereocenters. The van der Waals surface area contributed by atoms with Gasteiger partial charge in [0.05, 0.1) is 0 Å². The Balaban J connectivity index is 2.64. The third-order valence-corrected chi connectivity index (χ3v) is 3.10. The predicted octanol–water partition coefficient (Wildman–Crippen LogP) is 4.04. The first-order valence-electron chi connectivity index (χ1n) is 5.52. The van der Waals surface area contributed by atoms with Crippen LogP contribution >= 0.6 is 11.6 Å². The van der Waals surface area contributed by atoms with Crippen molar-refractivity contribution in [3.05, 3.63) is 34.9 Å². The van der Waals surface area contributed by atoms with Crippen LogP contribution in [0.3, 0.4) is 0 Å². The lowest BCUT2D eigenvalue weighted by atomic mass is 10.0. The van der Waals surface area contributed by atoms with Gasteiger partial charge >= 0.3 is 0 Å². The van der Waals surface area contributed by atoms with E-state index in [1.165, 1.54) is 5.56 Å². The normalized spacial score (nSPS) is 15.3. The Morgan fingerprint density at radius 1 is 1.13 bits per heavy atom. The SMILES string of the molecule is CC(NC(C)C(C)C)c1cccc(Cl)c1. The van der Waals surface area contributed by atoms with Crippen molar-refractivity contribution in [1.82, 2.24) is 5.32 Å². The van der Waals surface area contributed by atoms with Crippen LogP contribution in [0, 0.1) is 5.92 Å². The minimum atomic E-state index is 0.348. The largest absolute Gasteiger partial charge is 0.307 e. The van der Waals surface area contributed by atoms with Crippen molar-refractivity contribution >= 4 is 11.6 Å². The van der Waals surface area contributed by atoms with Gasteiger partial charge in [0.15, 0.2) is 0 Å². The zero-order valence-electron chi connectivity index (χ0n) is 9.92. The lowest BCUT2D eigenvalue weighted by molar-refractivity contribution is 0.389. The number of hydrogen-bond acceptors (Lipinski definition) is 1. The highest BCUT2D eigenvalue weighted by atomic mass is 35.5. The molecule has 0 fully saturated rings. The number of rotatable bonds is 4. The van der Waals surface area contributed by atoms with Crippen LogP contribution in [0.25, 0.3) is 0 Å². The second kappa shape index (κ2) is 5.53. The van der Waals surface area contributed by atoms with Gasteiger partial charge in [-0.1, -0.05) is 37.6 Å². The van der Waals surface area contributed by atoms with Gasteiger partial charge in [-0.15, -0.1) is 0 Å². The Morgan fingerprint density at radius 2 is 1.80 bits per heavy atom. The average Bonchev–Trinajstić information content (AvgIpc) is 2.17. The maximum absolute atomic E-state index is 5.96. The molecule has 0 heterocycles. The Kier molecular flexibility index (Phi) is 4.62. The molecule has 0 radical (unpaired) electrons. The van der Waals surface area contributed by atoms with Crippen LogP contribution < -0.4 is 5.32 Å². The molecule has 0 aromatic heterocycles. The van der Waals surface area contributed by atoms with Gasteiger partial charge in [-0.25, -0.2) is 0 Å². The molecule has 1 aromatic rings. The van der Waals surface area contributed by atoms with Crippen molar-refractivity contribution in [1.29, 1.82) is 0 Å². The molecule has 0 bridgehead atoms. The van der Waals surface area contributed by atoms with E-state index in [0.717, 1.165) is 5.02 Å². The fraction of sp³-hybridized carbons (Fsp3) is 0.538. The van der Waals surface area contributed by atoms with Crippen molar-refractivity contribution < 1.29 is 0 Å². The summed E-state index contributed by atoms with van der Waals surface area (Å²) in [6.07, 6.45) is 0. The lowest BCUT2D eigenvalue weighted by Gasteiger charge is -2.23. The van der Waals surface area contributed by atoms with Gasteiger partial charge in [0, 0.05) is 17.1 Å². The summed E-state index contributed by atoms with van der Waals surface area (Å²) in [7, 11) is 0. The van der Waals surface area contributed by atoms with Crippen LogP contribution in [0.5, 0.6) is 0 Å². The topological polar surface area (TPSA) is 12.0 Å². The van der Waals surface area contributed by atoms with E-state index in [1.807, 2.05) is 18.2 Å². The lowest BCUT2D eigenvalue weighted by Crippen LogP contribution is -2.32. The second-order valence-corrected chi connectivity index (χ2v) is 4.91. The summed E-state index contributed by atoms with van der Waals surface area (Å²) in [4.78, 5) is 0. The van der Waals surface area contributed by atoms with E-state index in [2.05, 4.69) is 39.1 Å². The molecule has 0 aliphatic carbocycles. The van der Waals surface area contributed by atoms with E-state index in [1.54, 1.807) is 0 Å². The summed E-state index contributed by atoms with van der Waals surface area (Å²) in [5.41, 5.74) is 1.25. The van der Waals surface area contributed by atoms with Crippen LogP contribution in [0.15, 0.2) is 24.3 Å². The monoisotopic (exact) mass is 225 g/mol. The number of nitrogens with one attached hydrogen (secondary N) is 1. The molecule has 1 aromatic carbocycles. The Labute approximate surface area is 97.8 Å². The molecule has 1 N–H and O–H groups in total. The van der Waals surface area contributed by atoms with Gasteiger partial charge < -0.3 is 5.32 Å². The van der Waals surface area contributed by atoms with Gasteiger partial charge in [0.1, 0.15) is 0 Å². The highest BCUT2D eigenvalue weighted by Gasteiger charge is 2.11. The number of halogens is 1. The molecule has 15 heavy (non-hydrogen) atoms. The summed E-state index contributed by atoms with van der Waals surface area (Å²) in [6.45, 7) is 8.83. The molecule has 0 aliphatic heterocycles. The Bertz CT molecular complexity index is 309. The van der Waals surface area contributed by atoms with E-state index in [4.69, 9.17) is 11.6 Å². The maximum Gasteiger partial charge on any atom is 0.0409 e. The molecule has 0 amide bonds. The zero-order valence-corrected chi connectivity index (χ0v) is 10.7. The highest BCUT2D eigenvalue weighted by Crippen LogP contribution is 2.18. The Hall–Kier alpha value is -0.530. The second-order valence-electron chi connectivity index (χ2n) is 4.48. The van der Waals surface area contributed by atoms with E-state index < -0.39 is 0 Å². The molecule has 2 heteroatoms. The minimum absolute atomic E-state index is 0.348. The fourth-order valence-electron chi connectivity index (χ4n) is 1.46. The van der Waals surface area contributed by atoms with Crippen molar-refractivity contribution in [2.75, 3.05) is 0 Å². The van der Waals surface area contributed by atoms with Crippen LogP contribution in [0.2, 0.25) is 5.02 Å². The third kappa shape index (κ3) is 3.84. The van der Waals surface area contributed by atoms with Gasteiger partial charge in [-0.3, -0.25) is 0 Å². The first-order chi connectivity index (χ1) is 7.00. The molecule has 0 saturated heterocycles. The zero-order chi connectivity index (χ0) is 11.4. The van der Waals surface area contributed by atoms with Crippen LogP contribution in [-0.2, 0) is 0 Å². The van der Waals surface area contributed by atoms with Crippen LogP contribution in [0.4, 0.5) is 0 Å². The molecular weight excluding hydrogens is 206 g/mol. The molecule has 1 nitrogen and oxygen atoms in total. The molecule has 0 saturated carbocycles. The maximum atomic E-state index is 5.96. The summed E-state index contributed by atoms with van der Waals surface area (Å²) in [6, 6.07) is 8.89. The minimum Gasteiger partial charge on any atom is -0.307 e. The standard InChI is InChI=1S/C13H20ClN/c1-9(2)10(3)15-11(4)12-6-5-7-13(14)8-12/h5-11,15H,1-4H3. The van der Waals surface area contributed by atoms with Crippen molar-refractivity contribution in [2.45, 2.75) is 39.8 Å². The predicted molar refractivity (Wildman–Crippen MR) is 67.3 cm³/mol. The smallest absolute Gasteiger partial charge is 0.0409 e. The van der Waals surface area contributed by atoms with Crippen molar-refractivity contribution in [2.24, 2.45) is 5.92 Å².